The first kappa shape index (κ1) is 21.1. The van der Waals surface area contributed by atoms with Gasteiger partial charge in [0.1, 0.15) is 5.56 Å². The van der Waals surface area contributed by atoms with Crippen molar-refractivity contribution in [3.05, 3.63) is 33.2 Å². The van der Waals surface area contributed by atoms with E-state index < -0.39 is 0 Å². The third kappa shape index (κ3) is 4.49. The van der Waals surface area contributed by atoms with Crippen molar-refractivity contribution in [1.29, 1.82) is 0 Å². The molecular formula is C21H30ClN3O3. The van der Waals surface area contributed by atoms with Crippen molar-refractivity contribution >= 4 is 24.1 Å². The number of rotatable bonds is 4. The first-order chi connectivity index (χ1) is 12.8. The first-order valence-electron chi connectivity index (χ1n) is 10.1. The van der Waals surface area contributed by atoms with Gasteiger partial charge in [0.25, 0.3) is 11.5 Å². The van der Waals surface area contributed by atoms with Crippen LogP contribution in [-0.4, -0.2) is 47.3 Å². The number of nitrogens with zero attached hydrogens (tertiary/aromatic N) is 1. The summed E-state index contributed by atoms with van der Waals surface area (Å²) in [5.74, 6) is 0.605. The topological polar surface area (TPSA) is 82.3 Å². The molecule has 0 unspecified atom stereocenters. The summed E-state index contributed by atoms with van der Waals surface area (Å²) in [5.41, 5.74) is 0.747. The van der Waals surface area contributed by atoms with E-state index in [-0.39, 0.29) is 40.6 Å². The van der Waals surface area contributed by atoms with Gasteiger partial charge in [-0.15, -0.1) is 12.4 Å². The molecule has 0 aromatic carbocycles. The zero-order valence-electron chi connectivity index (χ0n) is 16.7. The number of carbonyl (C=O) groups is 2. The van der Waals surface area contributed by atoms with Crippen molar-refractivity contribution in [1.82, 2.24) is 15.2 Å². The predicted molar refractivity (Wildman–Crippen MR) is 110 cm³/mol. The van der Waals surface area contributed by atoms with Crippen LogP contribution in [0.1, 0.15) is 72.4 Å². The Morgan fingerprint density at radius 1 is 1.18 bits per heavy atom. The average Bonchev–Trinajstić information content (AvgIpc) is 3.43. The fourth-order valence-corrected chi connectivity index (χ4v) is 4.30. The van der Waals surface area contributed by atoms with Gasteiger partial charge in [0.2, 0.25) is 0 Å². The number of H-pyrrole nitrogens is 1. The predicted octanol–water partition coefficient (Wildman–Crippen LogP) is 2.56. The molecule has 2 fully saturated rings. The summed E-state index contributed by atoms with van der Waals surface area (Å²) in [5, 5.41) is 3.60. The number of amides is 1. The minimum absolute atomic E-state index is 0. The highest BCUT2D eigenvalue weighted by molar-refractivity contribution is 6.02. The quantitative estimate of drug-likeness (QED) is 0.803. The normalized spacial score (nSPS) is 21.8. The van der Waals surface area contributed by atoms with E-state index in [2.05, 4.69) is 10.3 Å². The van der Waals surface area contributed by atoms with Crippen LogP contribution in [0.5, 0.6) is 0 Å². The maximum absolute atomic E-state index is 12.9. The summed E-state index contributed by atoms with van der Waals surface area (Å²) in [6.07, 6.45) is 5.58. The number of piperidine rings is 1. The molecule has 0 radical (unpaired) electrons. The molecule has 1 amide bonds. The molecule has 1 aromatic rings. The zero-order valence-corrected chi connectivity index (χ0v) is 17.5. The van der Waals surface area contributed by atoms with Gasteiger partial charge in [-0.2, -0.15) is 0 Å². The molecular weight excluding hydrogens is 378 g/mol. The third-order valence-corrected chi connectivity index (χ3v) is 6.12. The van der Waals surface area contributed by atoms with Gasteiger partial charge < -0.3 is 15.2 Å². The van der Waals surface area contributed by atoms with Crippen LogP contribution in [-0.2, 0) is 6.42 Å². The lowest BCUT2D eigenvalue weighted by Crippen LogP contribution is -2.46. The summed E-state index contributed by atoms with van der Waals surface area (Å²) >= 11 is 0. The van der Waals surface area contributed by atoms with Crippen LogP contribution >= 0.6 is 12.4 Å². The molecule has 154 valence electrons. The summed E-state index contributed by atoms with van der Waals surface area (Å²) in [6, 6.07) is 1.99. The fraction of sp³-hybridized carbons (Fsp3) is 0.667. The molecule has 0 atom stereocenters. The first-order valence-corrected chi connectivity index (χ1v) is 10.1. The van der Waals surface area contributed by atoms with E-state index >= 15 is 0 Å². The number of fused-ring (bicyclic) bond motifs is 1. The molecule has 2 N–H and O–H groups in total. The van der Waals surface area contributed by atoms with Crippen LogP contribution in [0.2, 0.25) is 0 Å². The SMILES string of the molecule is CC1(C)CC(=O)c2cc(C(=O)N3CCC(NCC4CC4)CC3)c(=O)[nH]c2C1.Cl. The van der Waals surface area contributed by atoms with Gasteiger partial charge in [0.15, 0.2) is 5.78 Å². The maximum atomic E-state index is 12.9. The van der Waals surface area contributed by atoms with Crippen LogP contribution in [0.4, 0.5) is 0 Å². The van der Waals surface area contributed by atoms with Crippen LogP contribution in [0.25, 0.3) is 0 Å². The Kier molecular flexibility index (Phi) is 6.01. The zero-order chi connectivity index (χ0) is 19.2. The molecule has 7 heteroatoms. The minimum atomic E-state index is -0.377. The molecule has 1 saturated carbocycles. The van der Waals surface area contributed by atoms with Crippen molar-refractivity contribution in [3.8, 4) is 0 Å². The number of Topliss-reactive ketones (excluding diaryl/α,β-unsaturated/α-hetero) is 1. The summed E-state index contributed by atoms with van der Waals surface area (Å²) < 4.78 is 0. The number of likely N-dealkylation sites (tertiary alicyclic amines) is 1. The van der Waals surface area contributed by atoms with E-state index in [1.54, 1.807) is 4.90 Å². The molecule has 6 nitrogen and oxygen atoms in total. The van der Waals surface area contributed by atoms with E-state index in [9.17, 15) is 14.4 Å². The largest absolute Gasteiger partial charge is 0.338 e. The Morgan fingerprint density at radius 3 is 2.50 bits per heavy atom. The smallest absolute Gasteiger partial charge is 0.261 e. The number of hydrogen-bond acceptors (Lipinski definition) is 4. The van der Waals surface area contributed by atoms with E-state index in [0.29, 0.717) is 43.2 Å². The fourth-order valence-electron chi connectivity index (χ4n) is 4.30. The van der Waals surface area contributed by atoms with Crippen LogP contribution < -0.4 is 10.9 Å². The van der Waals surface area contributed by atoms with Gasteiger partial charge in [-0.3, -0.25) is 14.4 Å². The minimum Gasteiger partial charge on any atom is -0.338 e. The summed E-state index contributed by atoms with van der Waals surface area (Å²) in [4.78, 5) is 42.5. The molecule has 1 saturated heterocycles. The number of aromatic amines is 1. The summed E-state index contributed by atoms with van der Waals surface area (Å²) in [7, 11) is 0. The number of pyridine rings is 1. The number of ketones is 1. The highest BCUT2D eigenvalue weighted by atomic mass is 35.5. The van der Waals surface area contributed by atoms with Gasteiger partial charge >= 0.3 is 0 Å². The second-order valence-electron chi connectivity index (χ2n) is 9.26. The van der Waals surface area contributed by atoms with Crippen LogP contribution in [0.3, 0.4) is 0 Å². The van der Waals surface area contributed by atoms with Crippen LogP contribution in [0, 0.1) is 11.3 Å². The van der Waals surface area contributed by atoms with Gasteiger partial charge in [0, 0.05) is 36.8 Å². The van der Waals surface area contributed by atoms with E-state index in [0.717, 1.165) is 25.3 Å². The van der Waals surface area contributed by atoms with Crippen molar-refractivity contribution in [2.45, 2.75) is 58.4 Å². The Hall–Kier alpha value is -1.66. The van der Waals surface area contributed by atoms with Gasteiger partial charge in [-0.25, -0.2) is 0 Å². The van der Waals surface area contributed by atoms with Crippen LogP contribution in [0.15, 0.2) is 10.9 Å². The third-order valence-electron chi connectivity index (χ3n) is 6.12. The Labute approximate surface area is 171 Å². The number of nitrogens with one attached hydrogen (secondary N) is 2. The molecule has 1 aromatic heterocycles. The van der Waals surface area contributed by atoms with Crippen molar-refractivity contribution in [2.24, 2.45) is 11.3 Å². The Balaban J connectivity index is 0.00000225. The lowest BCUT2D eigenvalue weighted by Gasteiger charge is -2.33. The van der Waals surface area contributed by atoms with Gasteiger partial charge in [-0.1, -0.05) is 13.8 Å². The standard InChI is InChI=1S/C21H29N3O3.ClH/c1-21(2)10-17-15(18(25)11-21)9-16(19(26)23-17)20(27)24-7-5-14(6-8-24)22-12-13-3-4-13;/h9,13-14,22H,3-8,10-12H2,1-2H3,(H,23,26);1H. The van der Waals surface area contributed by atoms with E-state index in [1.807, 2.05) is 13.8 Å². The lowest BCUT2D eigenvalue weighted by atomic mass is 9.75. The lowest BCUT2D eigenvalue weighted by molar-refractivity contribution is 0.0703. The Bertz CT molecular complexity index is 821. The van der Waals surface area contributed by atoms with E-state index in [4.69, 9.17) is 0 Å². The molecule has 4 rings (SSSR count). The Morgan fingerprint density at radius 2 is 1.86 bits per heavy atom. The molecule has 3 aliphatic rings. The van der Waals surface area contributed by atoms with Crippen molar-refractivity contribution in [2.75, 3.05) is 19.6 Å². The second kappa shape index (κ2) is 7.99. The molecule has 2 aliphatic carbocycles. The highest BCUT2D eigenvalue weighted by Crippen LogP contribution is 2.33. The number of aromatic nitrogens is 1. The molecule has 0 spiro atoms. The van der Waals surface area contributed by atoms with Crippen molar-refractivity contribution in [3.63, 3.8) is 0 Å². The average molecular weight is 408 g/mol. The molecule has 28 heavy (non-hydrogen) atoms. The van der Waals surface area contributed by atoms with Gasteiger partial charge in [0.05, 0.1) is 0 Å². The molecule has 2 heterocycles. The molecule has 1 aliphatic heterocycles. The number of carbonyl (C=O) groups excluding carboxylic acids is 2. The molecule has 0 bridgehead atoms. The van der Waals surface area contributed by atoms with Gasteiger partial charge in [-0.05, 0) is 56.0 Å². The highest BCUT2D eigenvalue weighted by Gasteiger charge is 2.34. The van der Waals surface area contributed by atoms with E-state index in [1.165, 1.54) is 18.9 Å². The summed E-state index contributed by atoms with van der Waals surface area (Å²) in [6.45, 7) is 6.43. The monoisotopic (exact) mass is 407 g/mol. The number of halogens is 1. The second-order valence-corrected chi connectivity index (χ2v) is 9.26. The number of hydrogen-bond donors (Lipinski definition) is 2. The maximum Gasteiger partial charge on any atom is 0.261 e. The van der Waals surface area contributed by atoms with Crippen molar-refractivity contribution < 1.29 is 9.59 Å².